The minimum atomic E-state index is 0.648. The van der Waals surface area contributed by atoms with Crippen molar-refractivity contribution in [1.29, 1.82) is 0 Å². The van der Waals surface area contributed by atoms with Crippen molar-refractivity contribution in [2.24, 2.45) is 5.92 Å². The van der Waals surface area contributed by atoms with Crippen molar-refractivity contribution in [2.75, 3.05) is 39.4 Å². The predicted octanol–water partition coefficient (Wildman–Crippen LogP) is 1.34. The summed E-state index contributed by atoms with van der Waals surface area (Å²) in [6.45, 7) is 13.0. The van der Waals surface area contributed by atoms with Gasteiger partial charge in [-0.05, 0) is 18.9 Å². The number of hydrogen-bond donors (Lipinski definition) is 1. The maximum absolute atomic E-state index is 5.63. The Morgan fingerprint density at radius 2 is 2.07 bits per heavy atom. The van der Waals surface area contributed by atoms with Crippen LogP contribution in [0.2, 0.25) is 0 Å². The molecule has 0 bridgehead atoms. The van der Waals surface area contributed by atoms with Crippen molar-refractivity contribution < 1.29 is 4.74 Å². The van der Waals surface area contributed by atoms with Crippen molar-refractivity contribution in [1.82, 2.24) is 10.2 Å². The minimum Gasteiger partial charge on any atom is -0.380 e. The van der Waals surface area contributed by atoms with Gasteiger partial charge in [0.25, 0.3) is 0 Å². The summed E-state index contributed by atoms with van der Waals surface area (Å²) >= 11 is 0. The number of nitrogens with one attached hydrogen (secondary N) is 1. The van der Waals surface area contributed by atoms with Gasteiger partial charge < -0.3 is 10.1 Å². The molecule has 1 heterocycles. The predicted molar refractivity (Wildman–Crippen MR) is 64.2 cm³/mol. The van der Waals surface area contributed by atoms with E-state index in [9.17, 15) is 0 Å². The molecule has 0 unspecified atom stereocenters. The molecule has 0 aromatic carbocycles. The van der Waals surface area contributed by atoms with Crippen molar-refractivity contribution >= 4 is 0 Å². The van der Waals surface area contributed by atoms with Crippen molar-refractivity contribution in [3.8, 4) is 0 Å². The minimum absolute atomic E-state index is 0.648. The molecular weight excluding hydrogens is 188 g/mol. The van der Waals surface area contributed by atoms with Gasteiger partial charge in [-0.15, -0.1) is 0 Å². The third-order valence-corrected chi connectivity index (χ3v) is 2.76. The lowest BCUT2D eigenvalue weighted by atomic mass is 10.1. The fourth-order valence-corrected chi connectivity index (χ4v) is 1.80. The van der Waals surface area contributed by atoms with E-state index in [4.69, 9.17) is 4.74 Å². The van der Waals surface area contributed by atoms with Gasteiger partial charge >= 0.3 is 0 Å². The zero-order valence-electron chi connectivity index (χ0n) is 10.5. The zero-order valence-corrected chi connectivity index (χ0v) is 10.5. The molecule has 90 valence electrons. The largest absolute Gasteiger partial charge is 0.380 e. The summed E-state index contributed by atoms with van der Waals surface area (Å²) in [4.78, 5) is 2.55. The van der Waals surface area contributed by atoms with Gasteiger partial charge in [-0.3, -0.25) is 4.90 Å². The third-order valence-electron chi connectivity index (χ3n) is 2.76. The molecule has 1 saturated heterocycles. The molecule has 3 heteroatoms. The second kappa shape index (κ2) is 7.20. The van der Waals surface area contributed by atoms with Crippen molar-refractivity contribution in [3.63, 3.8) is 0 Å². The molecule has 0 aliphatic carbocycles. The molecular formula is C12H26N2O. The highest BCUT2D eigenvalue weighted by atomic mass is 16.5. The Kier molecular flexibility index (Phi) is 6.22. The fraction of sp³-hybridized carbons (Fsp3) is 1.00. The van der Waals surface area contributed by atoms with Gasteiger partial charge in [0.15, 0.2) is 0 Å². The fourth-order valence-electron chi connectivity index (χ4n) is 1.80. The smallest absolute Gasteiger partial charge is 0.0593 e. The summed E-state index contributed by atoms with van der Waals surface area (Å²) < 4.78 is 5.63. The second-order valence-electron chi connectivity index (χ2n) is 4.82. The summed E-state index contributed by atoms with van der Waals surface area (Å²) in [6, 6.07) is 0.757. The van der Waals surface area contributed by atoms with Gasteiger partial charge in [-0.25, -0.2) is 0 Å². The first-order chi connectivity index (χ1) is 7.24. The van der Waals surface area contributed by atoms with Gasteiger partial charge in [0.05, 0.1) is 6.61 Å². The van der Waals surface area contributed by atoms with Gasteiger partial charge in [0.2, 0.25) is 0 Å². The zero-order chi connectivity index (χ0) is 11.1. The van der Waals surface area contributed by atoms with Crippen LogP contribution in [-0.4, -0.2) is 50.3 Å². The highest BCUT2D eigenvalue weighted by Crippen LogP contribution is 2.05. The van der Waals surface area contributed by atoms with E-state index >= 15 is 0 Å². The first kappa shape index (κ1) is 12.9. The average Bonchev–Trinajstić information content (AvgIpc) is 2.09. The molecule has 1 N–H and O–H groups in total. The first-order valence-corrected chi connectivity index (χ1v) is 6.26. The highest BCUT2D eigenvalue weighted by Gasteiger charge is 2.23. The summed E-state index contributed by atoms with van der Waals surface area (Å²) in [5.41, 5.74) is 0. The Bertz CT molecular complexity index is 158. The van der Waals surface area contributed by atoms with E-state index in [1.54, 1.807) is 0 Å². The quantitative estimate of drug-likeness (QED) is 0.617. The molecule has 3 nitrogen and oxygen atoms in total. The Hall–Kier alpha value is -0.120. The molecule has 0 aromatic heterocycles. The third kappa shape index (κ3) is 4.96. The number of rotatable bonds is 8. The van der Waals surface area contributed by atoms with Crippen LogP contribution in [0, 0.1) is 5.92 Å². The molecule has 1 rings (SSSR count). The maximum Gasteiger partial charge on any atom is 0.0593 e. The van der Waals surface area contributed by atoms with Crippen LogP contribution in [0.3, 0.4) is 0 Å². The molecule has 0 saturated carbocycles. The van der Waals surface area contributed by atoms with Crippen LogP contribution in [0.25, 0.3) is 0 Å². The van der Waals surface area contributed by atoms with Crippen LogP contribution in [0.1, 0.15) is 27.2 Å². The van der Waals surface area contributed by atoms with Crippen molar-refractivity contribution in [2.45, 2.75) is 33.2 Å². The van der Waals surface area contributed by atoms with Crippen LogP contribution in [0.15, 0.2) is 0 Å². The molecule has 0 atom stereocenters. The first-order valence-electron chi connectivity index (χ1n) is 6.26. The van der Waals surface area contributed by atoms with E-state index in [0.717, 1.165) is 38.9 Å². The van der Waals surface area contributed by atoms with E-state index < -0.39 is 0 Å². The van der Waals surface area contributed by atoms with Gasteiger partial charge in [0, 0.05) is 32.3 Å². The lowest BCUT2D eigenvalue weighted by Gasteiger charge is -2.38. The molecule has 1 aliphatic heterocycles. The normalized spacial score (nSPS) is 17.4. The van der Waals surface area contributed by atoms with Crippen LogP contribution in [0.4, 0.5) is 0 Å². The Morgan fingerprint density at radius 3 is 2.53 bits per heavy atom. The van der Waals surface area contributed by atoms with Gasteiger partial charge in [-0.2, -0.15) is 0 Å². The molecule has 15 heavy (non-hydrogen) atoms. The molecule has 1 fully saturated rings. The van der Waals surface area contributed by atoms with Crippen LogP contribution in [0.5, 0.6) is 0 Å². The topological polar surface area (TPSA) is 24.5 Å². The standard InChI is InChI=1S/C12H26N2O/c1-4-5-14(12-8-13-9-12)6-7-15-10-11(2)3/h11-13H,4-10H2,1-3H3. The van der Waals surface area contributed by atoms with E-state index in [2.05, 4.69) is 31.0 Å². The molecule has 0 amide bonds. The summed E-state index contributed by atoms with van der Waals surface area (Å²) in [7, 11) is 0. The highest BCUT2D eigenvalue weighted by molar-refractivity contribution is 4.84. The summed E-state index contributed by atoms with van der Waals surface area (Å²) in [6.07, 6.45) is 1.24. The monoisotopic (exact) mass is 214 g/mol. The SMILES string of the molecule is CCCN(CCOCC(C)C)C1CNC1. The lowest BCUT2D eigenvalue weighted by molar-refractivity contribution is 0.0606. The summed E-state index contributed by atoms with van der Waals surface area (Å²) in [5.74, 6) is 0.648. The van der Waals surface area contributed by atoms with Crippen LogP contribution >= 0.6 is 0 Å². The van der Waals surface area contributed by atoms with Gasteiger partial charge in [0.1, 0.15) is 0 Å². The van der Waals surface area contributed by atoms with E-state index in [0.29, 0.717) is 5.92 Å². The molecule has 0 spiro atoms. The number of hydrogen-bond acceptors (Lipinski definition) is 3. The van der Waals surface area contributed by atoms with Gasteiger partial charge in [-0.1, -0.05) is 20.8 Å². The van der Waals surface area contributed by atoms with Crippen LogP contribution in [-0.2, 0) is 4.74 Å². The average molecular weight is 214 g/mol. The number of nitrogens with zero attached hydrogens (tertiary/aromatic N) is 1. The lowest BCUT2D eigenvalue weighted by Crippen LogP contribution is -2.57. The Balaban J connectivity index is 2.08. The second-order valence-corrected chi connectivity index (χ2v) is 4.82. The van der Waals surface area contributed by atoms with E-state index in [1.165, 1.54) is 13.0 Å². The Labute approximate surface area is 94.2 Å². The molecule has 0 aromatic rings. The Morgan fingerprint density at radius 1 is 1.33 bits per heavy atom. The van der Waals surface area contributed by atoms with E-state index in [-0.39, 0.29) is 0 Å². The van der Waals surface area contributed by atoms with Crippen molar-refractivity contribution in [3.05, 3.63) is 0 Å². The summed E-state index contributed by atoms with van der Waals surface area (Å²) in [5, 5.41) is 3.33. The van der Waals surface area contributed by atoms with Crippen LogP contribution < -0.4 is 5.32 Å². The maximum atomic E-state index is 5.63. The molecule has 1 aliphatic rings. The number of ether oxygens (including phenoxy) is 1. The molecule has 0 radical (unpaired) electrons. The van der Waals surface area contributed by atoms with E-state index in [1.807, 2.05) is 0 Å².